The van der Waals surface area contributed by atoms with Crippen LogP contribution in [0.25, 0.3) is 0 Å². The van der Waals surface area contributed by atoms with Crippen LogP contribution in [0.1, 0.15) is 32.1 Å². The Hall–Kier alpha value is -0.340. The van der Waals surface area contributed by atoms with Crippen LogP contribution in [-0.4, -0.2) is 35.2 Å². The van der Waals surface area contributed by atoms with Gasteiger partial charge in [-0.25, -0.2) is 0 Å². The molecule has 1 N–H and O–H groups in total. The van der Waals surface area contributed by atoms with Crippen LogP contribution in [0.4, 0.5) is 0 Å². The fraction of sp³-hybridized carbons (Fsp3) is 0.818. The monoisotopic (exact) mass is 181 g/mol. The number of hydrogen-bond acceptors (Lipinski definition) is 2. The second-order valence-electron chi connectivity index (χ2n) is 4.24. The zero-order chi connectivity index (χ0) is 9.10. The summed E-state index contributed by atoms with van der Waals surface area (Å²) in [5.74, 6) is 0. The van der Waals surface area contributed by atoms with Crippen molar-refractivity contribution < 1.29 is 5.11 Å². The predicted molar refractivity (Wildman–Crippen MR) is 53.6 cm³/mol. The van der Waals surface area contributed by atoms with Crippen molar-refractivity contribution in [3.8, 4) is 0 Å². The Morgan fingerprint density at radius 3 is 2.62 bits per heavy atom. The maximum Gasteiger partial charge on any atom is 0.0848 e. The summed E-state index contributed by atoms with van der Waals surface area (Å²) in [5.41, 5.74) is 0. The highest BCUT2D eigenvalue weighted by molar-refractivity contribution is 4.99. The van der Waals surface area contributed by atoms with E-state index in [1.165, 1.54) is 32.1 Å². The molecule has 2 nitrogen and oxygen atoms in total. The van der Waals surface area contributed by atoms with Crippen molar-refractivity contribution in [2.75, 3.05) is 13.1 Å². The highest BCUT2D eigenvalue weighted by Crippen LogP contribution is 2.23. The van der Waals surface area contributed by atoms with Gasteiger partial charge in [0.05, 0.1) is 6.10 Å². The van der Waals surface area contributed by atoms with E-state index >= 15 is 0 Å². The SMILES string of the molecule is O[C@H]1C=CCN(C2CCCCC2)C1. The molecule has 0 aromatic carbocycles. The minimum Gasteiger partial charge on any atom is -0.388 e. The molecule has 1 heterocycles. The normalized spacial score (nSPS) is 32.2. The maximum atomic E-state index is 9.48. The molecule has 0 radical (unpaired) electrons. The molecule has 1 saturated carbocycles. The van der Waals surface area contributed by atoms with Crippen molar-refractivity contribution in [3.63, 3.8) is 0 Å². The van der Waals surface area contributed by atoms with E-state index in [0.717, 1.165) is 19.1 Å². The number of aliphatic hydroxyl groups excluding tert-OH is 1. The van der Waals surface area contributed by atoms with Gasteiger partial charge in [0.15, 0.2) is 0 Å². The first-order chi connectivity index (χ1) is 6.36. The van der Waals surface area contributed by atoms with Gasteiger partial charge in [0.25, 0.3) is 0 Å². The van der Waals surface area contributed by atoms with Crippen LogP contribution < -0.4 is 0 Å². The van der Waals surface area contributed by atoms with Crippen molar-refractivity contribution in [3.05, 3.63) is 12.2 Å². The molecule has 0 spiro atoms. The molecule has 1 aliphatic heterocycles. The zero-order valence-corrected chi connectivity index (χ0v) is 8.15. The summed E-state index contributed by atoms with van der Waals surface area (Å²) in [5, 5.41) is 9.48. The third kappa shape index (κ3) is 2.32. The van der Waals surface area contributed by atoms with Crippen molar-refractivity contribution in [1.29, 1.82) is 0 Å². The summed E-state index contributed by atoms with van der Waals surface area (Å²) >= 11 is 0. The van der Waals surface area contributed by atoms with Crippen molar-refractivity contribution in [2.24, 2.45) is 0 Å². The molecule has 1 fully saturated rings. The summed E-state index contributed by atoms with van der Waals surface area (Å²) in [7, 11) is 0. The fourth-order valence-electron chi connectivity index (χ4n) is 2.47. The van der Waals surface area contributed by atoms with Crippen LogP contribution in [0.15, 0.2) is 12.2 Å². The van der Waals surface area contributed by atoms with Crippen LogP contribution in [0.5, 0.6) is 0 Å². The van der Waals surface area contributed by atoms with Crippen LogP contribution in [0.3, 0.4) is 0 Å². The minimum absolute atomic E-state index is 0.226. The van der Waals surface area contributed by atoms with Gasteiger partial charge >= 0.3 is 0 Å². The van der Waals surface area contributed by atoms with Crippen molar-refractivity contribution >= 4 is 0 Å². The number of rotatable bonds is 1. The smallest absolute Gasteiger partial charge is 0.0848 e. The van der Waals surface area contributed by atoms with E-state index in [9.17, 15) is 5.11 Å². The first-order valence-corrected chi connectivity index (χ1v) is 5.45. The Morgan fingerprint density at radius 2 is 1.92 bits per heavy atom. The minimum atomic E-state index is -0.226. The van der Waals surface area contributed by atoms with Gasteiger partial charge in [-0.1, -0.05) is 31.4 Å². The van der Waals surface area contributed by atoms with Crippen LogP contribution in [0.2, 0.25) is 0 Å². The molecule has 2 heteroatoms. The van der Waals surface area contributed by atoms with Crippen molar-refractivity contribution in [2.45, 2.75) is 44.2 Å². The molecule has 1 atom stereocenters. The Morgan fingerprint density at radius 1 is 1.15 bits per heavy atom. The number of aliphatic hydroxyl groups is 1. The standard InChI is InChI=1S/C11H19NO/c13-11-7-4-8-12(9-11)10-5-2-1-3-6-10/h4,7,10-11,13H,1-3,5-6,8-9H2/t11-/m0/s1. The van der Waals surface area contributed by atoms with Crippen LogP contribution in [0, 0.1) is 0 Å². The molecule has 0 aromatic heterocycles. The van der Waals surface area contributed by atoms with E-state index in [-0.39, 0.29) is 6.10 Å². The quantitative estimate of drug-likeness (QED) is 0.620. The molecule has 74 valence electrons. The van der Waals surface area contributed by atoms with Gasteiger partial charge in [-0.2, -0.15) is 0 Å². The van der Waals surface area contributed by atoms with E-state index in [1.54, 1.807) is 0 Å². The Balaban J connectivity index is 1.88. The average molecular weight is 181 g/mol. The highest BCUT2D eigenvalue weighted by atomic mass is 16.3. The first-order valence-electron chi connectivity index (χ1n) is 5.45. The molecule has 0 unspecified atom stereocenters. The molecule has 0 bridgehead atoms. The van der Waals surface area contributed by atoms with Crippen molar-refractivity contribution in [1.82, 2.24) is 4.90 Å². The van der Waals surface area contributed by atoms with E-state index < -0.39 is 0 Å². The third-order valence-corrected chi connectivity index (χ3v) is 3.21. The highest BCUT2D eigenvalue weighted by Gasteiger charge is 2.23. The summed E-state index contributed by atoms with van der Waals surface area (Å²) in [6, 6.07) is 0.744. The van der Waals surface area contributed by atoms with Crippen LogP contribution >= 0.6 is 0 Å². The Kier molecular flexibility index (Phi) is 3.01. The van der Waals surface area contributed by atoms with Gasteiger partial charge in [-0.3, -0.25) is 4.90 Å². The van der Waals surface area contributed by atoms with Gasteiger partial charge in [0.1, 0.15) is 0 Å². The average Bonchev–Trinajstić information content (AvgIpc) is 2.19. The lowest BCUT2D eigenvalue weighted by molar-refractivity contribution is 0.0960. The number of hydrogen-bond donors (Lipinski definition) is 1. The molecule has 0 aromatic rings. The summed E-state index contributed by atoms with van der Waals surface area (Å²) < 4.78 is 0. The van der Waals surface area contributed by atoms with Gasteiger partial charge in [-0.15, -0.1) is 0 Å². The van der Waals surface area contributed by atoms with E-state index in [0.29, 0.717) is 0 Å². The van der Waals surface area contributed by atoms with E-state index in [1.807, 2.05) is 6.08 Å². The predicted octanol–water partition coefficient (Wildman–Crippen LogP) is 1.55. The number of β-amino-alcohol motifs (C(OH)–C–C–N with tert-alkyl or cyclic N) is 1. The Bertz CT molecular complexity index is 185. The first kappa shape index (κ1) is 9.22. The lowest BCUT2D eigenvalue weighted by Gasteiger charge is -2.36. The van der Waals surface area contributed by atoms with Gasteiger partial charge < -0.3 is 5.11 Å². The topological polar surface area (TPSA) is 23.5 Å². The second-order valence-corrected chi connectivity index (χ2v) is 4.24. The second kappa shape index (κ2) is 4.25. The zero-order valence-electron chi connectivity index (χ0n) is 8.15. The molecule has 2 aliphatic rings. The van der Waals surface area contributed by atoms with E-state index in [4.69, 9.17) is 0 Å². The summed E-state index contributed by atoms with van der Waals surface area (Å²) in [4.78, 5) is 2.43. The Labute approximate surface area is 80.2 Å². The fourth-order valence-corrected chi connectivity index (χ4v) is 2.47. The van der Waals surface area contributed by atoms with Crippen LogP contribution in [-0.2, 0) is 0 Å². The van der Waals surface area contributed by atoms with Gasteiger partial charge in [-0.05, 0) is 12.8 Å². The maximum absolute atomic E-state index is 9.48. The lowest BCUT2D eigenvalue weighted by Crippen LogP contribution is -2.43. The van der Waals surface area contributed by atoms with Gasteiger partial charge in [0.2, 0.25) is 0 Å². The van der Waals surface area contributed by atoms with E-state index in [2.05, 4.69) is 11.0 Å². The lowest BCUT2D eigenvalue weighted by atomic mass is 9.93. The summed E-state index contributed by atoms with van der Waals surface area (Å²) in [6.07, 6.45) is 10.6. The molecule has 1 aliphatic carbocycles. The summed E-state index contributed by atoms with van der Waals surface area (Å²) in [6.45, 7) is 1.89. The molecule has 13 heavy (non-hydrogen) atoms. The molecular formula is C11H19NO. The number of nitrogens with zero attached hydrogens (tertiary/aromatic N) is 1. The molecule has 2 rings (SSSR count). The third-order valence-electron chi connectivity index (χ3n) is 3.21. The largest absolute Gasteiger partial charge is 0.388 e. The molecule has 0 saturated heterocycles. The molecular weight excluding hydrogens is 162 g/mol. The molecule has 0 amide bonds. The van der Waals surface area contributed by atoms with Gasteiger partial charge in [0, 0.05) is 19.1 Å².